The van der Waals surface area contributed by atoms with Crippen LogP contribution in [0.3, 0.4) is 0 Å². The maximum atomic E-state index is 12.6. The van der Waals surface area contributed by atoms with Crippen LogP contribution in [0.2, 0.25) is 0 Å². The Morgan fingerprint density at radius 2 is 1.53 bits per heavy atom. The molecule has 9 nitrogen and oxygen atoms in total. The van der Waals surface area contributed by atoms with Crippen molar-refractivity contribution >= 4 is 17.8 Å². The number of methoxy groups -OCH3 is 1. The van der Waals surface area contributed by atoms with E-state index in [1.54, 1.807) is 12.1 Å². The summed E-state index contributed by atoms with van der Waals surface area (Å²) in [7, 11) is 1.51. The fourth-order valence-corrected chi connectivity index (χ4v) is 3.09. The standard InChI is InChI=1S/C25H20N4O5/c1-33-20-14-12-18(13-15-20)24(31)26-21(30)16-34-25(32)22-27-23(17-8-4-2-5-9-17)29(28-22)19-10-6-3-7-11-19/h2-15H,16H2,1H3,(H,26,30,31). The first-order valence-electron chi connectivity index (χ1n) is 10.3. The normalized spacial score (nSPS) is 10.4. The first-order chi connectivity index (χ1) is 16.5. The van der Waals surface area contributed by atoms with Gasteiger partial charge in [0.2, 0.25) is 0 Å². The Morgan fingerprint density at radius 1 is 0.882 bits per heavy atom. The van der Waals surface area contributed by atoms with E-state index in [1.807, 2.05) is 60.7 Å². The molecule has 34 heavy (non-hydrogen) atoms. The summed E-state index contributed by atoms with van der Waals surface area (Å²) in [5.74, 6) is -1.48. The van der Waals surface area contributed by atoms with E-state index in [0.717, 1.165) is 5.56 Å². The van der Waals surface area contributed by atoms with Gasteiger partial charge in [0.05, 0.1) is 12.8 Å². The van der Waals surface area contributed by atoms with Crippen LogP contribution in [0.5, 0.6) is 5.75 Å². The Kier molecular flexibility index (Phi) is 6.73. The summed E-state index contributed by atoms with van der Waals surface area (Å²) in [4.78, 5) is 41.2. The lowest BCUT2D eigenvalue weighted by atomic mass is 10.2. The molecule has 0 saturated carbocycles. The van der Waals surface area contributed by atoms with Gasteiger partial charge in [-0.1, -0.05) is 48.5 Å². The second kappa shape index (κ2) is 10.2. The van der Waals surface area contributed by atoms with Crippen molar-refractivity contribution in [2.24, 2.45) is 0 Å². The number of nitrogens with one attached hydrogen (secondary N) is 1. The third kappa shape index (κ3) is 5.16. The van der Waals surface area contributed by atoms with E-state index in [0.29, 0.717) is 17.3 Å². The molecule has 2 amide bonds. The topological polar surface area (TPSA) is 112 Å². The molecule has 1 N–H and O–H groups in total. The summed E-state index contributed by atoms with van der Waals surface area (Å²) in [5, 5.41) is 6.45. The van der Waals surface area contributed by atoms with Crippen LogP contribution in [-0.2, 0) is 9.53 Å². The molecule has 0 unspecified atom stereocenters. The van der Waals surface area contributed by atoms with Crippen LogP contribution in [0.25, 0.3) is 17.1 Å². The van der Waals surface area contributed by atoms with Gasteiger partial charge in [-0.05, 0) is 36.4 Å². The minimum Gasteiger partial charge on any atom is -0.497 e. The van der Waals surface area contributed by atoms with Gasteiger partial charge in [-0.2, -0.15) is 0 Å². The number of rotatable bonds is 7. The number of esters is 1. The molecular weight excluding hydrogens is 436 g/mol. The van der Waals surface area contributed by atoms with E-state index in [4.69, 9.17) is 9.47 Å². The van der Waals surface area contributed by atoms with Crippen LogP contribution in [0.15, 0.2) is 84.9 Å². The highest BCUT2D eigenvalue weighted by Gasteiger charge is 2.21. The highest BCUT2D eigenvalue weighted by molar-refractivity contribution is 6.05. The first kappa shape index (κ1) is 22.4. The van der Waals surface area contributed by atoms with E-state index in [2.05, 4.69) is 15.4 Å². The zero-order chi connectivity index (χ0) is 23.9. The fraction of sp³-hybridized carbons (Fsp3) is 0.0800. The molecule has 0 saturated heterocycles. The summed E-state index contributed by atoms with van der Waals surface area (Å²) in [6.45, 7) is -0.665. The van der Waals surface area contributed by atoms with Gasteiger partial charge in [0.1, 0.15) is 5.75 Å². The number of imide groups is 1. The molecule has 170 valence electrons. The zero-order valence-electron chi connectivity index (χ0n) is 18.2. The Morgan fingerprint density at radius 3 is 2.18 bits per heavy atom. The molecule has 1 aromatic heterocycles. The number of hydrogen-bond donors (Lipinski definition) is 1. The number of carbonyl (C=O) groups is 3. The smallest absolute Gasteiger partial charge is 0.378 e. The number of aromatic nitrogens is 3. The molecule has 0 atom stereocenters. The average Bonchev–Trinajstić information content (AvgIpc) is 3.34. The molecule has 4 aromatic rings. The lowest BCUT2D eigenvalue weighted by Crippen LogP contribution is -2.34. The minimum atomic E-state index is -0.890. The van der Waals surface area contributed by atoms with Gasteiger partial charge in [0, 0.05) is 11.1 Å². The summed E-state index contributed by atoms with van der Waals surface area (Å²) >= 11 is 0. The van der Waals surface area contributed by atoms with Crippen LogP contribution >= 0.6 is 0 Å². The van der Waals surface area contributed by atoms with E-state index in [9.17, 15) is 14.4 Å². The van der Waals surface area contributed by atoms with E-state index >= 15 is 0 Å². The number of ether oxygens (including phenoxy) is 2. The summed E-state index contributed by atoms with van der Waals surface area (Å²) < 4.78 is 11.6. The van der Waals surface area contributed by atoms with Gasteiger partial charge in [0.25, 0.3) is 17.6 Å². The fourth-order valence-electron chi connectivity index (χ4n) is 3.09. The van der Waals surface area contributed by atoms with Gasteiger partial charge in [-0.15, -0.1) is 5.10 Å². The number of carbonyl (C=O) groups excluding carboxylic acids is 3. The summed E-state index contributed by atoms with van der Waals surface area (Å²) in [5.41, 5.74) is 1.72. The van der Waals surface area contributed by atoms with Gasteiger partial charge < -0.3 is 9.47 Å². The lowest BCUT2D eigenvalue weighted by Gasteiger charge is -2.05. The van der Waals surface area contributed by atoms with Crippen molar-refractivity contribution in [2.75, 3.05) is 13.7 Å². The van der Waals surface area contributed by atoms with Crippen molar-refractivity contribution in [2.45, 2.75) is 0 Å². The summed E-state index contributed by atoms with van der Waals surface area (Å²) in [6, 6.07) is 24.7. The molecule has 0 fully saturated rings. The van der Waals surface area contributed by atoms with Gasteiger partial charge in [0.15, 0.2) is 12.4 Å². The van der Waals surface area contributed by atoms with Crippen molar-refractivity contribution in [3.05, 3.63) is 96.3 Å². The van der Waals surface area contributed by atoms with Crippen molar-refractivity contribution in [3.8, 4) is 22.8 Å². The zero-order valence-corrected chi connectivity index (χ0v) is 18.2. The van der Waals surface area contributed by atoms with Crippen LogP contribution in [-0.4, -0.2) is 46.3 Å². The Balaban J connectivity index is 1.45. The van der Waals surface area contributed by atoms with E-state index in [-0.39, 0.29) is 11.4 Å². The maximum absolute atomic E-state index is 12.6. The molecular formula is C25H20N4O5. The van der Waals surface area contributed by atoms with Crippen molar-refractivity contribution < 1.29 is 23.9 Å². The molecule has 0 aliphatic carbocycles. The highest BCUT2D eigenvalue weighted by atomic mass is 16.5. The molecule has 0 radical (unpaired) electrons. The predicted octanol–water partition coefficient (Wildman–Crippen LogP) is 3.06. The largest absolute Gasteiger partial charge is 0.497 e. The SMILES string of the molecule is COc1ccc(C(=O)NC(=O)COC(=O)c2nc(-c3ccccc3)n(-c3ccccc3)n2)cc1. The van der Waals surface area contributed by atoms with Gasteiger partial charge in [-0.25, -0.2) is 14.5 Å². The van der Waals surface area contributed by atoms with Crippen molar-refractivity contribution in [3.63, 3.8) is 0 Å². The Bertz CT molecular complexity index is 1250. The van der Waals surface area contributed by atoms with Crippen LogP contribution < -0.4 is 10.1 Å². The molecule has 9 heteroatoms. The highest BCUT2D eigenvalue weighted by Crippen LogP contribution is 2.21. The number of benzene rings is 3. The molecule has 1 heterocycles. The van der Waals surface area contributed by atoms with Crippen LogP contribution in [0.4, 0.5) is 0 Å². The quantitative estimate of drug-likeness (QED) is 0.425. The monoisotopic (exact) mass is 456 g/mol. The molecule has 0 aliphatic rings. The third-order valence-corrected chi connectivity index (χ3v) is 4.76. The second-order valence-corrected chi connectivity index (χ2v) is 7.05. The number of hydrogen-bond acceptors (Lipinski definition) is 7. The second-order valence-electron chi connectivity index (χ2n) is 7.05. The Hall–Kier alpha value is -4.79. The van der Waals surface area contributed by atoms with Gasteiger partial charge in [-0.3, -0.25) is 14.9 Å². The first-order valence-corrected chi connectivity index (χ1v) is 10.3. The third-order valence-electron chi connectivity index (χ3n) is 4.76. The predicted molar refractivity (Wildman–Crippen MR) is 123 cm³/mol. The lowest BCUT2D eigenvalue weighted by molar-refractivity contribution is -0.123. The molecule has 4 rings (SSSR count). The summed E-state index contributed by atoms with van der Waals surface area (Å²) in [6.07, 6.45) is 0. The van der Waals surface area contributed by atoms with Crippen molar-refractivity contribution in [1.82, 2.24) is 20.1 Å². The van der Waals surface area contributed by atoms with Crippen molar-refractivity contribution in [1.29, 1.82) is 0 Å². The van der Waals surface area contributed by atoms with E-state index in [1.165, 1.54) is 23.9 Å². The van der Waals surface area contributed by atoms with E-state index < -0.39 is 24.4 Å². The van der Waals surface area contributed by atoms with Crippen LogP contribution in [0.1, 0.15) is 21.0 Å². The number of nitrogens with zero attached hydrogens (tertiary/aromatic N) is 3. The maximum Gasteiger partial charge on any atom is 0.378 e. The van der Waals surface area contributed by atoms with Gasteiger partial charge >= 0.3 is 5.97 Å². The Labute approximate surface area is 195 Å². The molecule has 0 aliphatic heterocycles. The molecule has 0 bridgehead atoms. The number of amides is 2. The van der Waals surface area contributed by atoms with Crippen LogP contribution in [0, 0.1) is 0 Å². The molecule has 0 spiro atoms. The molecule has 3 aromatic carbocycles. The minimum absolute atomic E-state index is 0.211. The number of para-hydroxylation sites is 1. The average molecular weight is 456 g/mol.